The number of aryl methyl sites for hydroxylation is 1. The standard InChI is InChI=1S/C21H25N5OS/c1-15-23-13-20(25(15)2)19-12-22-11-17(24-19)9-16-5-3-7-26(14-16)21(27)10-18-6-4-8-28-18/h4,6,8,11-13,16H,3,5,7,9-10,14H2,1-2H3/t16-/m1/s1. The second kappa shape index (κ2) is 8.22. The molecule has 1 amide bonds. The quantitative estimate of drug-likeness (QED) is 0.665. The van der Waals surface area contributed by atoms with Gasteiger partial charge < -0.3 is 9.47 Å². The molecule has 0 saturated carbocycles. The molecule has 7 heteroatoms. The first kappa shape index (κ1) is 18.8. The Morgan fingerprint density at radius 1 is 1.32 bits per heavy atom. The summed E-state index contributed by atoms with van der Waals surface area (Å²) in [7, 11) is 1.99. The van der Waals surface area contributed by atoms with Gasteiger partial charge in [0, 0.05) is 31.2 Å². The number of nitrogens with zero attached hydrogens (tertiary/aromatic N) is 5. The molecule has 0 bridgehead atoms. The van der Waals surface area contributed by atoms with Crippen LogP contribution >= 0.6 is 11.3 Å². The van der Waals surface area contributed by atoms with Crippen molar-refractivity contribution in [1.82, 2.24) is 24.4 Å². The van der Waals surface area contributed by atoms with E-state index in [4.69, 9.17) is 4.98 Å². The molecular formula is C21H25N5OS. The van der Waals surface area contributed by atoms with Crippen molar-refractivity contribution < 1.29 is 4.79 Å². The van der Waals surface area contributed by atoms with Crippen LogP contribution < -0.4 is 0 Å². The molecule has 1 fully saturated rings. The van der Waals surface area contributed by atoms with Crippen molar-refractivity contribution in [3.63, 3.8) is 0 Å². The summed E-state index contributed by atoms with van der Waals surface area (Å²) in [6, 6.07) is 4.03. The Morgan fingerprint density at radius 2 is 2.21 bits per heavy atom. The van der Waals surface area contributed by atoms with E-state index in [0.29, 0.717) is 12.3 Å². The van der Waals surface area contributed by atoms with E-state index in [1.807, 2.05) is 53.3 Å². The molecule has 4 heterocycles. The molecule has 0 aromatic carbocycles. The normalized spacial score (nSPS) is 17.1. The van der Waals surface area contributed by atoms with Gasteiger partial charge in [0.05, 0.1) is 30.2 Å². The number of thiophene rings is 1. The van der Waals surface area contributed by atoms with Gasteiger partial charge in [-0.15, -0.1) is 11.3 Å². The zero-order valence-corrected chi connectivity index (χ0v) is 17.2. The summed E-state index contributed by atoms with van der Waals surface area (Å²) in [6.07, 6.45) is 9.01. The molecule has 28 heavy (non-hydrogen) atoms. The Morgan fingerprint density at radius 3 is 2.96 bits per heavy atom. The van der Waals surface area contributed by atoms with Crippen molar-refractivity contribution >= 4 is 17.2 Å². The molecule has 0 spiro atoms. The van der Waals surface area contributed by atoms with Gasteiger partial charge in [0.25, 0.3) is 0 Å². The minimum atomic E-state index is 0.234. The molecule has 0 unspecified atom stereocenters. The summed E-state index contributed by atoms with van der Waals surface area (Å²) in [6.45, 7) is 3.65. The maximum atomic E-state index is 12.6. The lowest BCUT2D eigenvalue weighted by molar-refractivity contribution is -0.132. The van der Waals surface area contributed by atoms with Gasteiger partial charge >= 0.3 is 0 Å². The van der Waals surface area contributed by atoms with Crippen molar-refractivity contribution in [2.75, 3.05) is 13.1 Å². The van der Waals surface area contributed by atoms with E-state index in [1.54, 1.807) is 17.5 Å². The number of carbonyl (C=O) groups excluding carboxylic acids is 1. The van der Waals surface area contributed by atoms with Gasteiger partial charge in [0.2, 0.25) is 5.91 Å². The van der Waals surface area contributed by atoms with Crippen molar-refractivity contribution in [3.05, 3.63) is 52.5 Å². The van der Waals surface area contributed by atoms with E-state index in [9.17, 15) is 4.79 Å². The number of hydrogen-bond donors (Lipinski definition) is 0. The molecule has 3 aromatic rings. The summed E-state index contributed by atoms with van der Waals surface area (Å²) in [5, 5.41) is 2.02. The van der Waals surface area contributed by atoms with Crippen LogP contribution in [-0.2, 0) is 24.7 Å². The summed E-state index contributed by atoms with van der Waals surface area (Å²) in [5.74, 6) is 1.62. The summed E-state index contributed by atoms with van der Waals surface area (Å²) >= 11 is 1.65. The minimum absolute atomic E-state index is 0.234. The van der Waals surface area contributed by atoms with E-state index in [2.05, 4.69) is 9.97 Å². The molecule has 0 aliphatic carbocycles. The average Bonchev–Trinajstić information content (AvgIpc) is 3.32. The molecule has 0 N–H and O–H groups in total. The predicted molar refractivity (Wildman–Crippen MR) is 110 cm³/mol. The van der Waals surface area contributed by atoms with Crippen LogP contribution in [0.15, 0.2) is 36.1 Å². The Kier molecular flexibility index (Phi) is 5.52. The maximum Gasteiger partial charge on any atom is 0.227 e. The molecule has 0 radical (unpaired) electrons. The third kappa shape index (κ3) is 4.14. The lowest BCUT2D eigenvalue weighted by Crippen LogP contribution is -2.41. The lowest BCUT2D eigenvalue weighted by atomic mass is 9.93. The van der Waals surface area contributed by atoms with Crippen LogP contribution in [-0.4, -0.2) is 43.4 Å². The van der Waals surface area contributed by atoms with Crippen molar-refractivity contribution in [2.24, 2.45) is 13.0 Å². The fourth-order valence-corrected chi connectivity index (χ4v) is 4.49. The number of hydrogen-bond acceptors (Lipinski definition) is 5. The van der Waals surface area contributed by atoms with Crippen LogP contribution in [0.1, 0.15) is 29.2 Å². The van der Waals surface area contributed by atoms with Crippen molar-refractivity contribution in [3.8, 4) is 11.4 Å². The number of likely N-dealkylation sites (tertiary alicyclic amines) is 1. The van der Waals surface area contributed by atoms with Gasteiger partial charge in [0.1, 0.15) is 11.5 Å². The number of piperidine rings is 1. The Bertz CT molecular complexity index is 950. The SMILES string of the molecule is Cc1ncc(-c2cncc(C[C@H]3CCCN(C(=O)Cc4cccs4)C3)n2)n1C. The smallest absolute Gasteiger partial charge is 0.227 e. The van der Waals surface area contributed by atoms with Crippen LogP contribution in [0.3, 0.4) is 0 Å². The number of aromatic nitrogens is 4. The first-order valence-electron chi connectivity index (χ1n) is 9.70. The number of rotatable bonds is 5. The van der Waals surface area contributed by atoms with Crippen LogP contribution in [0.5, 0.6) is 0 Å². The first-order chi connectivity index (χ1) is 13.6. The monoisotopic (exact) mass is 395 g/mol. The van der Waals surface area contributed by atoms with Crippen LogP contribution in [0.25, 0.3) is 11.4 Å². The van der Waals surface area contributed by atoms with Crippen molar-refractivity contribution in [1.29, 1.82) is 0 Å². The topological polar surface area (TPSA) is 63.9 Å². The van der Waals surface area contributed by atoms with Crippen LogP contribution in [0.2, 0.25) is 0 Å². The van der Waals surface area contributed by atoms with Crippen LogP contribution in [0.4, 0.5) is 0 Å². The van der Waals surface area contributed by atoms with Gasteiger partial charge in [-0.1, -0.05) is 6.07 Å². The molecule has 146 valence electrons. The van der Waals surface area contributed by atoms with Gasteiger partial charge in [-0.3, -0.25) is 9.78 Å². The average molecular weight is 396 g/mol. The van der Waals surface area contributed by atoms with E-state index in [0.717, 1.165) is 60.1 Å². The predicted octanol–water partition coefficient (Wildman–Crippen LogP) is 3.27. The molecule has 3 aromatic heterocycles. The molecule has 6 nitrogen and oxygen atoms in total. The Labute approximate surface area is 169 Å². The highest BCUT2D eigenvalue weighted by atomic mass is 32.1. The second-order valence-corrected chi connectivity index (χ2v) is 8.49. The number of carbonyl (C=O) groups is 1. The first-order valence-corrected chi connectivity index (χ1v) is 10.6. The van der Waals surface area contributed by atoms with Crippen molar-refractivity contribution in [2.45, 2.75) is 32.6 Å². The highest BCUT2D eigenvalue weighted by Gasteiger charge is 2.24. The maximum absolute atomic E-state index is 12.6. The summed E-state index contributed by atoms with van der Waals surface area (Å²) < 4.78 is 2.03. The Balaban J connectivity index is 1.42. The minimum Gasteiger partial charge on any atom is -0.342 e. The molecular weight excluding hydrogens is 370 g/mol. The third-order valence-corrected chi connectivity index (χ3v) is 6.32. The number of amides is 1. The highest BCUT2D eigenvalue weighted by molar-refractivity contribution is 7.10. The molecule has 1 saturated heterocycles. The molecule has 4 rings (SSSR count). The number of imidazole rings is 1. The largest absolute Gasteiger partial charge is 0.342 e. The Hall–Kier alpha value is -2.54. The molecule has 1 aliphatic rings. The van der Waals surface area contributed by atoms with E-state index < -0.39 is 0 Å². The van der Waals surface area contributed by atoms with Gasteiger partial charge in [-0.2, -0.15) is 0 Å². The highest BCUT2D eigenvalue weighted by Crippen LogP contribution is 2.23. The summed E-state index contributed by atoms with van der Waals surface area (Å²) in [4.78, 5) is 29.4. The van der Waals surface area contributed by atoms with E-state index in [1.165, 1.54) is 0 Å². The van der Waals surface area contributed by atoms with Gasteiger partial charge in [-0.25, -0.2) is 9.97 Å². The zero-order valence-electron chi connectivity index (χ0n) is 16.3. The van der Waals surface area contributed by atoms with Gasteiger partial charge in [0.15, 0.2) is 0 Å². The van der Waals surface area contributed by atoms with E-state index >= 15 is 0 Å². The fourth-order valence-electron chi connectivity index (χ4n) is 3.80. The zero-order chi connectivity index (χ0) is 19.5. The van der Waals surface area contributed by atoms with Crippen LogP contribution in [0, 0.1) is 12.8 Å². The third-order valence-electron chi connectivity index (χ3n) is 5.44. The molecule has 1 atom stereocenters. The second-order valence-electron chi connectivity index (χ2n) is 7.45. The van der Waals surface area contributed by atoms with Gasteiger partial charge in [-0.05, 0) is 43.6 Å². The lowest BCUT2D eigenvalue weighted by Gasteiger charge is -2.32. The summed E-state index contributed by atoms with van der Waals surface area (Å²) in [5.41, 5.74) is 2.80. The molecule has 1 aliphatic heterocycles. The fraction of sp³-hybridized carbons (Fsp3) is 0.429. The van der Waals surface area contributed by atoms with E-state index in [-0.39, 0.29) is 5.91 Å².